The number of hydrogen-bond donors (Lipinski definition) is 0. The molecule has 0 aliphatic rings. The van der Waals surface area contributed by atoms with Crippen LogP contribution in [-0.4, -0.2) is 9.97 Å². The van der Waals surface area contributed by atoms with Gasteiger partial charge < -0.3 is 0 Å². The van der Waals surface area contributed by atoms with E-state index in [0.717, 1.165) is 21.8 Å². The molecule has 0 N–H and O–H groups in total. The van der Waals surface area contributed by atoms with Crippen LogP contribution in [0.25, 0.3) is 75.0 Å². The lowest BCUT2D eigenvalue weighted by atomic mass is 9.93. The number of thiophene rings is 1. The van der Waals surface area contributed by atoms with Gasteiger partial charge in [0.15, 0.2) is 0 Å². The molecule has 2 aromatic heterocycles. The van der Waals surface area contributed by atoms with E-state index in [1.165, 1.54) is 58.8 Å². The minimum atomic E-state index is 0.952. The van der Waals surface area contributed by atoms with E-state index >= 15 is 0 Å². The van der Waals surface area contributed by atoms with E-state index in [4.69, 9.17) is 4.98 Å². The molecule has 0 radical (unpaired) electrons. The van der Waals surface area contributed by atoms with Gasteiger partial charge in [-0.2, -0.15) is 0 Å². The van der Waals surface area contributed by atoms with Gasteiger partial charge >= 0.3 is 0 Å². The van der Waals surface area contributed by atoms with Gasteiger partial charge in [-0.15, -0.1) is 11.3 Å². The molecule has 0 fully saturated rings. The van der Waals surface area contributed by atoms with Crippen LogP contribution >= 0.6 is 11.3 Å². The van der Waals surface area contributed by atoms with Crippen molar-refractivity contribution in [1.29, 1.82) is 0 Å². The van der Waals surface area contributed by atoms with Crippen LogP contribution in [0.3, 0.4) is 0 Å². The molecule has 2 heterocycles. The van der Waals surface area contributed by atoms with Crippen molar-refractivity contribution in [3.8, 4) is 22.3 Å². The van der Waals surface area contributed by atoms with Crippen molar-refractivity contribution < 1.29 is 0 Å². The fraction of sp³-hybridized carbons (Fsp3) is 0.0286. The highest BCUT2D eigenvalue weighted by Crippen LogP contribution is 2.42. The summed E-state index contributed by atoms with van der Waals surface area (Å²) in [7, 11) is 0. The summed E-state index contributed by atoms with van der Waals surface area (Å²) in [6.45, 7) is 2.20. The van der Waals surface area contributed by atoms with Crippen molar-refractivity contribution >= 4 is 64.1 Å². The molecule has 0 saturated heterocycles. The third kappa shape index (κ3) is 3.19. The first-order valence-corrected chi connectivity index (χ1v) is 13.6. The molecule has 0 amide bonds. The number of aromatic nitrogens is 2. The summed E-state index contributed by atoms with van der Waals surface area (Å²) in [4.78, 5) is 9.38. The van der Waals surface area contributed by atoms with E-state index in [-0.39, 0.29) is 0 Å². The predicted molar refractivity (Wildman–Crippen MR) is 163 cm³/mol. The number of aryl methyl sites for hydroxylation is 1. The molecule has 0 aliphatic carbocycles. The second kappa shape index (κ2) is 8.20. The Bertz CT molecular complexity index is 2170. The average molecular weight is 503 g/mol. The first-order chi connectivity index (χ1) is 18.7. The van der Waals surface area contributed by atoms with Gasteiger partial charge in [0, 0.05) is 43.3 Å². The summed E-state index contributed by atoms with van der Waals surface area (Å²) in [6.07, 6.45) is 3.56. The molecule has 6 aromatic carbocycles. The van der Waals surface area contributed by atoms with Gasteiger partial charge in [-0.25, -0.2) is 0 Å². The third-order valence-electron chi connectivity index (χ3n) is 7.57. The van der Waals surface area contributed by atoms with Crippen LogP contribution in [0.5, 0.6) is 0 Å². The molecule has 0 spiro atoms. The van der Waals surface area contributed by atoms with E-state index in [1.54, 1.807) is 12.4 Å². The van der Waals surface area contributed by atoms with Crippen molar-refractivity contribution in [3.05, 3.63) is 121 Å². The van der Waals surface area contributed by atoms with E-state index in [1.807, 2.05) is 11.3 Å². The highest BCUT2D eigenvalue weighted by molar-refractivity contribution is 7.26. The fourth-order valence-corrected chi connectivity index (χ4v) is 7.08. The number of nitrogens with zero attached hydrogens (tertiary/aromatic N) is 2. The zero-order valence-corrected chi connectivity index (χ0v) is 21.6. The third-order valence-corrected chi connectivity index (χ3v) is 8.79. The molecule has 0 unspecified atom stereocenters. The van der Waals surface area contributed by atoms with Gasteiger partial charge in [-0.3, -0.25) is 9.97 Å². The molecule has 0 atom stereocenters. The average Bonchev–Trinajstić information content (AvgIpc) is 3.35. The summed E-state index contributed by atoms with van der Waals surface area (Å²) in [6, 6.07) is 37.6. The van der Waals surface area contributed by atoms with Gasteiger partial charge in [0.2, 0.25) is 0 Å². The number of hydrogen-bond acceptors (Lipinski definition) is 3. The maximum absolute atomic E-state index is 4.71. The minimum Gasteiger partial charge on any atom is -0.252 e. The first kappa shape index (κ1) is 21.5. The van der Waals surface area contributed by atoms with E-state index in [0.29, 0.717) is 0 Å². The summed E-state index contributed by atoms with van der Waals surface area (Å²) in [5.41, 5.74) is 8.15. The minimum absolute atomic E-state index is 0.952. The zero-order chi connectivity index (χ0) is 25.2. The Hall–Kier alpha value is -4.60. The summed E-state index contributed by atoms with van der Waals surface area (Å²) >= 11 is 1.89. The number of benzene rings is 6. The summed E-state index contributed by atoms with van der Waals surface area (Å²) in [5, 5.41) is 7.37. The lowest BCUT2D eigenvalue weighted by Gasteiger charge is -2.12. The van der Waals surface area contributed by atoms with E-state index in [2.05, 4.69) is 115 Å². The molecule has 0 aliphatic heterocycles. The number of fused-ring (bicyclic) bond motifs is 9. The lowest BCUT2D eigenvalue weighted by Crippen LogP contribution is -1.89. The Kier molecular flexibility index (Phi) is 4.64. The van der Waals surface area contributed by atoms with Gasteiger partial charge in [-0.05, 0) is 75.8 Å². The summed E-state index contributed by atoms with van der Waals surface area (Å²) < 4.78 is 2.69. The Balaban J connectivity index is 1.35. The van der Waals surface area contributed by atoms with Crippen molar-refractivity contribution in [1.82, 2.24) is 9.97 Å². The van der Waals surface area contributed by atoms with Crippen LogP contribution in [0.15, 0.2) is 116 Å². The topological polar surface area (TPSA) is 25.8 Å². The van der Waals surface area contributed by atoms with Crippen LogP contribution in [0.4, 0.5) is 0 Å². The van der Waals surface area contributed by atoms with Crippen molar-refractivity contribution in [2.24, 2.45) is 0 Å². The van der Waals surface area contributed by atoms with Crippen LogP contribution in [-0.2, 0) is 0 Å². The molecule has 0 bridgehead atoms. The molecule has 8 rings (SSSR count). The second-order valence-electron chi connectivity index (χ2n) is 9.93. The van der Waals surface area contributed by atoms with E-state index < -0.39 is 0 Å². The SMILES string of the molecule is Cc1cc(-c2cccc(-c3ccc4c(c3)c3ccccc3c3nccnc43)c2)c2sc3ccccc3c2c1. The molecular formula is C35H22N2S. The maximum atomic E-state index is 4.71. The van der Waals surface area contributed by atoms with Crippen LogP contribution in [0.1, 0.15) is 5.56 Å². The van der Waals surface area contributed by atoms with Crippen LogP contribution in [0.2, 0.25) is 0 Å². The van der Waals surface area contributed by atoms with E-state index in [9.17, 15) is 0 Å². The lowest BCUT2D eigenvalue weighted by molar-refractivity contribution is 1.31. The molecule has 0 saturated carbocycles. The Morgan fingerprint density at radius 2 is 1.18 bits per heavy atom. The molecule has 8 aromatic rings. The molecule has 38 heavy (non-hydrogen) atoms. The highest BCUT2D eigenvalue weighted by Gasteiger charge is 2.14. The van der Waals surface area contributed by atoms with Crippen molar-refractivity contribution in [3.63, 3.8) is 0 Å². The quantitative estimate of drug-likeness (QED) is 0.220. The van der Waals surface area contributed by atoms with Crippen molar-refractivity contribution in [2.75, 3.05) is 0 Å². The van der Waals surface area contributed by atoms with Gasteiger partial charge in [0.25, 0.3) is 0 Å². The zero-order valence-electron chi connectivity index (χ0n) is 20.8. The standard InChI is InChI=1S/C35H22N2S/c1-21-17-29(35-31(18-21)26-10-4-5-12-32(26)38-35)24-8-6-7-22(19-24)23-13-14-28-30(20-23)25-9-2-3-11-27(25)33-34(28)37-16-15-36-33/h2-20H,1H3. The predicted octanol–water partition coefficient (Wildman–Crippen LogP) is 9.95. The normalized spacial score (nSPS) is 11.8. The van der Waals surface area contributed by atoms with Crippen molar-refractivity contribution in [2.45, 2.75) is 6.92 Å². The largest absolute Gasteiger partial charge is 0.252 e. The molecule has 3 heteroatoms. The van der Waals surface area contributed by atoms with Gasteiger partial charge in [0.1, 0.15) is 0 Å². The van der Waals surface area contributed by atoms with Crippen LogP contribution in [0, 0.1) is 6.92 Å². The summed E-state index contributed by atoms with van der Waals surface area (Å²) in [5.74, 6) is 0. The first-order valence-electron chi connectivity index (χ1n) is 12.8. The molecule has 178 valence electrons. The molecular weight excluding hydrogens is 480 g/mol. The van der Waals surface area contributed by atoms with Gasteiger partial charge in [0.05, 0.1) is 11.0 Å². The number of rotatable bonds is 2. The Labute approximate surface area is 223 Å². The maximum Gasteiger partial charge on any atom is 0.0971 e. The monoisotopic (exact) mass is 502 g/mol. The molecule has 2 nitrogen and oxygen atoms in total. The smallest absolute Gasteiger partial charge is 0.0971 e. The van der Waals surface area contributed by atoms with Gasteiger partial charge in [-0.1, -0.05) is 72.8 Å². The second-order valence-corrected chi connectivity index (χ2v) is 11.0. The Morgan fingerprint density at radius 3 is 2.03 bits per heavy atom. The Morgan fingerprint density at radius 1 is 0.500 bits per heavy atom. The fourth-order valence-electron chi connectivity index (χ4n) is 5.86. The van der Waals surface area contributed by atoms with Crippen LogP contribution < -0.4 is 0 Å². The highest BCUT2D eigenvalue weighted by atomic mass is 32.1.